The van der Waals surface area contributed by atoms with Gasteiger partial charge in [-0.05, 0) is 30.5 Å². The Labute approximate surface area is 147 Å². The molecule has 1 aliphatic rings. The normalized spacial score (nSPS) is 18.4. The lowest BCUT2D eigenvalue weighted by Gasteiger charge is -2.28. The van der Waals surface area contributed by atoms with E-state index >= 15 is 0 Å². The van der Waals surface area contributed by atoms with E-state index in [9.17, 15) is 4.79 Å². The summed E-state index contributed by atoms with van der Waals surface area (Å²) in [6, 6.07) is 4.64. The second-order valence-corrected chi connectivity index (χ2v) is 6.99. The lowest BCUT2D eigenvalue weighted by Crippen LogP contribution is -2.45. The summed E-state index contributed by atoms with van der Waals surface area (Å²) in [6.07, 6.45) is 6.34. The van der Waals surface area contributed by atoms with E-state index in [1.54, 1.807) is 18.2 Å². The zero-order valence-electron chi connectivity index (χ0n) is 13.4. The minimum Gasteiger partial charge on any atom is -0.370 e. The molecule has 0 saturated heterocycles. The van der Waals surface area contributed by atoms with Gasteiger partial charge < -0.3 is 15.8 Å². The Kier molecular flexibility index (Phi) is 7.15. The van der Waals surface area contributed by atoms with E-state index in [4.69, 9.17) is 33.7 Å². The fourth-order valence-corrected chi connectivity index (χ4v) is 3.49. The summed E-state index contributed by atoms with van der Waals surface area (Å²) < 4.78 is 5.35. The van der Waals surface area contributed by atoms with Crippen molar-refractivity contribution in [3.8, 4) is 0 Å². The Balaban J connectivity index is 1.95. The van der Waals surface area contributed by atoms with E-state index in [2.05, 4.69) is 5.32 Å². The number of anilines is 1. The Morgan fingerprint density at radius 3 is 2.61 bits per heavy atom. The van der Waals surface area contributed by atoms with Crippen molar-refractivity contribution in [2.24, 2.45) is 11.7 Å². The number of nitrogens with one attached hydrogen (secondary N) is 1. The molecule has 1 saturated carbocycles. The highest BCUT2D eigenvalue weighted by molar-refractivity contribution is 6.42. The Hall–Kier alpha value is -0.810. The highest BCUT2D eigenvalue weighted by Gasteiger charge is 2.28. The van der Waals surface area contributed by atoms with Crippen molar-refractivity contribution in [3.63, 3.8) is 0 Å². The van der Waals surface area contributed by atoms with Gasteiger partial charge >= 0.3 is 0 Å². The maximum Gasteiger partial charge on any atom is 0.255 e. The molecule has 0 heterocycles. The number of halogens is 2. The van der Waals surface area contributed by atoms with Crippen LogP contribution in [0.1, 0.15) is 38.5 Å². The first kappa shape index (κ1) is 18.5. The number of carbonyl (C=O) groups excluding carboxylic acids is 1. The maximum atomic E-state index is 12.4. The van der Waals surface area contributed by atoms with Crippen LogP contribution in [0.5, 0.6) is 0 Å². The molecule has 1 fully saturated rings. The van der Waals surface area contributed by atoms with Gasteiger partial charge in [-0.25, -0.2) is 0 Å². The number of nitrogens with two attached hydrogens (primary N) is 1. The summed E-state index contributed by atoms with van der Waals surface area (Å²) in [5, 5.41) is 3.63. The van der Waals surface area contributed by atoms with Gasteiger partial charge in [0.25, 0.3) is 5.91 Å². The van der Waals surface area contributed by atoms with Gasteiger partial charge in [0.1, 0.15) is 0 Å². The van der Waals surface area contributed by atoms with Crippen molar-refractivity contribution in [2.45, 2.75) is 50.7 Å². The Bertz CT molecular complexity index is 533. The third kappa shape index (κ3) is 5.35. The lowest BCUT2D eigenvalue weighted by atomic mass is 9.84. The molecule has 128 valence electrons. The van der Waals surface area contributed by atoms with Crippen LogP contribution in [0, 0.1) is 5.92 Å². The quantitative estimate of drug-likeness (QED) is 0.798. The first-order chi connectivity index (χ1) is 11.0. The van der Waals surface area contributed by atoms with Gasteiger partial charge in [0, 0.05) is 18.8 Å². The van der Waals surface area contributed by atoms with Gasteiger partial charge in [0.2, 0.25) is 0 Å². The van der Waals surface area contributed by atoms with Crippen LogP contribution in [0.3, 0.4) is 0 Å². The van der Waals surface area contributed by atoms with Crippen molar-refractivity contribution in [3.05, 3.63) is 28.2 Å². The zero-order chi connectivity index (χ0) is 16.8. The van der Waals surface area contributed by atoms with Gasteiger partial charge in [-0.3, -0.25) is 4.79 Å². The average molecular weight is 359 g/mol. The Morgan fingerprint density at radius 1 is 1.30 bits per heavy atom. The smallest absolute Gasteiger partial charge is 0.255 e. The molecule has 0 bridgehead atoms. The van der Waals surface area contributed by atoms with Gasteiger partial charge in [-0.15, -0.1) is 0 Å². The number of ether oxygens (including phenoxy) is 1. The molecule has 3 N–H and O–H groups in total. The van der Waals surface area contributed by atoms with Crippen LogP contribution in [0.25, 0.3) is 0 Å². The number of hydrogen-bond donors (Lipinski definition) is 2. The molecule has 23 heavy (non-hydrogen) atoms. The molecule has 0 aromatic heterocycles. The number of amides is 1. The minimum absolute atomic E-state index is 0.255. The fourth-order valence-electron chi connectivity index (χ4n) is 3.19. The van der Waals surface area contributed by atoms with Crippen molar-refractivity contribution in [1.29, 1.82) is 0 Å². The SMILES string of the molecule is COC(C(=O)Nc1ccc(Cl)c(Cl)c1)C(N)CC1CCCCC1. The van der Waals surface area contributed by atoms with E-state index in [1.807, 2.05) is 0 Å². The first-order valence-electron chi connectivity index (χ1n) is 8.05. The average Bonchev–Trinajstić information content (AvgIpc) is 2.52. The van der Waals surface area contributed by atoms with E-state index in [1.165, 1.54) is 39.2 Å². The number of methoxy groups -OCH3 is 1. The summed E-state index contributed by atoms with van der Waals surface area (Å²) in [6.45, 7) is 0. The highest BCUT2D eigenvalue weighted by Crippen LogP contribution is 2.28. The largest absolute Gasteiger partial charge is 0.370 e. The molecule has 0 aliphatic heterocycles. The van der Waals surface area contributed by atoms with E-state index in [-0.39, 0.29) is 11.9 Å². The number of hydrogen-bond acceptors (Lipinski definition) is 3. The molecule has 2 rings (SSSR count). The third-order valence-electron chi connectivity index (χ3n) is 4.42. The van der Waals surface area contributed by atoms with Crippen molar-refractivity contribution in [1.82, 2.24) is 0 Å². The van der Waals surface area contributed by atoms with E-state index in [0.717, 1.165) is 6.42 Å². The molecule has 6 heteroatoms. The standard InChI is InChI=1S/C17H24Cl2N2O2/c1-23-16(15(20)9-11-5-3-2-4-6-11)17(22)21-12-7-8-13(18)14(19)10-12/h7-8,10-11,15-16H,2-6,9,20H2,1H3,(H,21,22). The second kappa shape index (κ2) is 8.88. The summed E-state index contributed by atoms with van der Waals surface area (Å²) >= 11 is 11.8. The monoisotopic (exact) mass is 358 g/mol. The first-order valence-corrected chi connectivity index (χ1v) is 8.81. The molecule has 4 nitrogen and oxygen atoms in total. The van der Waals surface area contributed by atoms with Crippen LogP contribution in [0.2, 0.25) is 10.0 Å². The van der Waals surface area contributed by atoms with Gasteiger partial charge in [0.05, 0.1) is 10.0 Å². The maximum absolute atomic E-state index is 12.4. The van der Waals surface area contributed by atoms with E-state index < -0.39 is 6.10 Å². The molecule has 1 aliphatic carbocycles. The van der Waals surface area contributed by atoms with Crippen LogP contribution in [0.15, 0.2) is 18.2 Å². The van der Waals surface area contributed by atoms with Crippen LogP contribution in [-0.4, -0.2) is 25.2 Å². The number of rotatable bonds is 6. The van der Waals surface area contributed by atoms with Crippen molar-refractivity contribution in [2.75, 3.05) is 12.4 Å². The highest BCUT2D eigenvalue weighted by atomic mass is 35.5. The Morgan fingerprint density at radius 2 is 2.00 bits per heavy atom. The minimum atomic E-state index is -0.675. The zero-order valence-corrected chi connectivity index (χ0v) is 14.9. The van der Waals surface area contributed by atoms with Crippen LogP contribution < -0.4 is 11.1 Å². The molecule has 1 amide bonds. The van der Waals surface area contributed by atoms with Gasteiger partial charge in [-0.2, -0.15) is 0 Å². The molecule has 0 spiro atoms. The summed E-state index contributed by atoms with van der Waals surface area (Å²) in [4.78, 5) is 12.4. The number of carbonyl (C=O) groups is 1. The van der Waals surface area contributed by atoms with Gasteiger partial charge in [0.15, 0.2) is 6.10 Å². The second-order valence-electron chi connectivity index (χ2n) is 6.18. The molecule has 1 aromatic rings. The molecule has 2 atom stereocenters. The van der Waals surface area contributed by atoms with Crippen LogP contribution in [0.4, 0.5) is 5.69 Å². The molecule has 1 aromatic carbocycles. The van der Waals surface area contributed by atoms with Crippen molar-refractivity contribution >= 4 is 34.8 Å². The molecular weight excluding hydrogens is 335 g/mol. The topological polar surface area (TPSA) is 64.3 Å². The summed E-state index contributed by atoms with van der Waals surface area (Å²) in [7, 11) is 1.51. The fraction of sp³-hybridized carbons (Fsp3) is 0.588. The predicted octanol–water partition coefficient (Wildman–Crippen LogP) is 4.24. The predicted molar refractivity (Wildman–Crippen MR) is 95.1 cm³/mol. The lowest BCUT2D eigenvalue weighted by molar-refractivity contribution is -0.127. The summed E-state index contributed by atoms with van der Waals surface area (Å²) in [5.74, 6) is 0.336. The van der Waals surface area contributed by atoms with Crippen LogP contribution in [-0.2, 0) is 9.53 Å². The molecular formula is C17H24Cl2N2O2. The summed E-state index contributed by atoms with van der Waals surface area (Å²) in [5.41, 5.74) is 6.81. The molecule has 2 unspecified atom stereocenters. The van der Waals surface area contributed by atoms with Gasteiger partial charge in [-0.1, -0.05) is 55.3 Å². The van der Waals surface area contributed by atoms with Crippen LogP contribution >= 0.6 is 23.2 Å². The van der Waals surface area contributed by atoms with Crippen molar-refractivity contribution < 1.29 is 9.53 Å². The molecule has 0 radical (unpaired) electrons. The van der Waals surface area contributed by atoms with E-state index in [0.29, 0.717) is 21.7 Å². The third-order valence-corrected chi connectivity index (χ3v) is 5.16. The number of benzene rings is 1.